The minimum absolute atomic E-state index is 0.00948. The van der Waals surface area contributed by atoms with Gasteiger partial charge in [-0.3, -0.25) is 0 Å². The van der Waals surface area contributed by atoms with E-state index in [4.69, 9.17) is 15.6 Å². The number of sulfonamides is 1. The number of rotatable bonds is 3. The van der Waals surface area contributed by atoms with Crippen LogP contribution in [0.4, 0.5) is 10.1 Å². The number of primary sulfonamides is 1. The highest BCUT2D eigenvalue weighted by molar-refractivity contribution is 7.89. The third kappa shape index (κ3) is 3.06. The summed E-state index contributed by atoms with van der Waals surface area (Å²) in [6, 6.07) is 8.12. The van der Waals surface area contributed by atoms with Crippen LogP contribution >= 0.6 is 0 Å². The molecule has 0 spiro atoms. The molecule has 0 saturated heterocycles. The van der Waals surface area contributed by atoms with E-state index in [-0.39, 0.29) is 16.4 Å². The van der Waals surface area contributed by atoms with Gasteiger partial charge < -0.3 is 10.5 Å². The number of aryl methyl sites for hydroxylation is 1. The van der Waals surface area contributed by atoms with Crippen LogP contribution in [0, 0.1) is 12.7 Å². The summed E-state index contributed by atoms with van der Waals surface area (Å²) in [7, 11) is -3.87. The van der Waals surface area contributed by atoms with Gasteiger partial charge in [-0.15, -0.1) is 0 Å². The van der Waals surface area contributed by atoms with Crippen molar-refractivity contribution in [3.63, 3.8) is 0 Å². The van der Waals surface area contributed by atoms with E-state index in [2.05, 4.69) is 0 Å². The first-order valence-electron chi connectivity index (χ1n) is 5.64. The van der Waals surface area contributed by atoms with Gasteiger partial charge in [-0.05, 0) is 42.8 Å². The molecule has 0 aliphatic rings. The van der Waals surface area contributed by atoms with Crippen molar-refractivity contribution < 1.29 is 17.5 Å². The average molecular weight is 296 g/mol. The van der Waals surface area contributed by atoms with Gasteiger partial charge in [0, 0.05) is 6.07 Å². The molecule has 0 radical (unpaired) electrons. The molecule has 2 aromatic rings. The molecule has 20 heavy (non-hydrogen) atoms. The second-order valence-electron chi connectivity index (χ2n) is 4.26. The maximum atomic E-state index is 13.0. The summed E-state index contributed by atoms with van der Waals surface area (Å²) in [4.78, 5) is -0.166. The van der Waals surface area contributed by atoms with E-state index < -0.39 is 10.0 Å². The highest BCUT2D eigenvalue weighted by Crippen LogP contribution is 2.29. The summed E-state index contributed by atoms with van der Waals surface area (Å²) in [6.45, 7) is 1.69. The van der Waals surface area contributed by atoms with Crippen LogP contribution in [0.3, 0.4) is 0 Å². The van der Waals surface area contributed by atoms with Crippen LogP contribution in [-0.4, -0.2) is 8.42 Å². The molecule has 0 fully saturated rings. The molecule has 0 aromatic heterocycles. The van der Waals surface area contributed by atoms with Gasteiger partial charge in [0.1, 0.15) is 22.2 Å². The van der Waals surface area contributed by atoms with Crippen LogP contribution in [-0.2, 0) is 10.0 Å². The van der Waals surface area contributed by atoms with Crippen LogP contribution in [0.1, 0.15) is 5.56 Å². The van der Waals surface area contributed by atoms with Gasteiger partial charge in [0.2, 0.25) is 10.0 Å². The highest BCUT2D eigenvalue weighted by Gasteiger charge is 2.13. The molecule has 0 amide bonds. The van der Waals surface area contributed by atoms with Crippen molar-refractivity contribution in [1.29, 1.82) is 0 Å². The van der Waals surface area contributed by atoms with Gasteiger partial charge in [0.25, 0.3) is 0 Å². The number of ether oxygens (including phenoxy) is 1. The van der Waals surface area contributed by atoms with E-state index in [1.54, 1.807) is 6.92 Å². The molecule has 0 atom stereocenters. The van der Waals surface area contributed by atoms with E-state index in [0.717, 1.165) is 0 Å². The van der Waals surface area contributed by atoms with Crippen molar-refractivity contribution in [2.45, 2.75) is 11.8 Å². The van der Waals surface area contributed by atoms with Crippen LogP contribution in [0.2, 0.25) is 0 Å². The van der Waals surface area contributed by atoms with Gasteiger partial charge in [-0.1, -0.05) is 0 Å². The highest BCUT2D eigenvalue weighted by atomic mass is 32.2. The van der Waals surface area contributed by atoms with Gasteiger partial charge >= 0.3 is 0 Å². The number of nitrogen functional groups attached to an aromatic ring is 1. The van der Waals surface area contributed by atoms with Crippen molar-refractivity contribution in [1.82, 2.24) is 0 Å². The number of nitrogens with two attached hydrogens (primary N) is 2. The Morgan fingerprint density at radius 1 is 1.15 bits per heavy atom. The third-order valence-electron chi connectivity index (χ3n) is 2.65. The third-order valence-corrected chi connectivity index (χ3v) is 3.64. The summed E-state index contributed by atoms with van der Waals surface area (Å²) in [5.41, 5.74) is 6.22. The largest absolute Gasteiger partial charge is 0.457 e. The van der Waals surface area contributed by atoms with Crippen molar-refractivity contribution in [3.05, 3.63) is 47.8 Å². The second-order valence-corrected chi connectivity index (χ2v) is 5.79. The molecule has 0 heterocycles. The monoisotopic (exact) mass is 296 g/mol. The van der Waals surface area contributed by atoms with Crippen LogP contribution in [0.25, 0.3) is 0 Å². The number of halogens is 1. The van der Waals surface area contributed by atoms with E-state index in [9.17, 15) is 12.8 Å². The predicted molar refractivity (Wildman–Crippen MR) is 73.4 cm³/mol. The quantitative estimate of drug-likeness (QED) is 0.848. The van der Waals surface area contributed by atoms with Crippen molar-refractivity contribution in [2.75, 3.05) is 5.73 Å². The smallest absolute Gasteiger partial charge is 0.240 e. The van der Waals surface area contributed by atoms with Crippen LogP contribution < -0.4 is 15.6 Å². The summed E-state index contributed by atoms with van der Waals surface area (Å²) in [6.07, 6.45) is 0. The molecule has 2 rings (SSSR count). The fourth-order valence-corrected chi connectivity index (χ4v) is 2.35. The zero-order valence-electron chi connectivity index (χ0n) is 10.6. The Labute approximate surface area is 116 Å². The van der Waals surface area contributed by atoms with Crippen LogP contribution in [0.15, 0.2) is 41.3 Å². The first kappa shape index (κ1) is 14.3. The SMILES string of the molecule is Cc1cc(F)ccc1Oc1ccc(S(N)(=O)=O)c(N)c1. The summed E-state index contributed by atoms with van der Waals surface area (Å²) >= 11 is 0. The van der Waals surface area contributed by atoms with E-state index >= 15 is 0 Å². The van der Waals surface area contributed by atoms with Crippen LogP contribution in [0.5, 0.6) is 11.5 Å². The molecule has 106 valence electrons. The Morgan fingerprint density at radius 2 is 1.85 bits per heavy atom. The molecule has 0 saturated carbocycles. The lowest BCUT2D eigenvalue weighted by Crippen LogP contribution is -2.14. The average Bonchev–Trinajstić information content (AvgIpc) is 2.31. The van der Waals surface area contributed by atoms with E-state index in [1.165, 1.54) is 36.4 Å². The van der Waals surface area contributed by atoms with E-state index in [1.807, 2.05) is 0 Å². The van der Waals surface area contributed by atoms with Crippen molar-refractivity contribution in [2.24, 2.45) is 5.14 Å². The Balaban J connectivity index is 2.34. The Bertz CT molecular complexity index is 760. The second kappa shape index (κ2) is 5.10. The van der Waals surface area contributed by atoms with Gasteiger partial charge in [0.15, 0.2) is 0 Å². The Hall–Kier alpha value is -2.12. The molecule has 0 aliphatic heterocycles. The van der Waals surface area contributed by atoms with E-state index in [0.29, 0.717) is 17.1 Å². The van der Waals surface area contributed by atoms with Crippen molar-refractivity contribution >= 4 is 15.7 Å². The summed E-state index contributed by atoms with van der Waals surface area (Å²) in [5.74, 6) is 0.428. The minimum atomic E-state index is -3.87. The lowest BCUT2D eigenvalue weighted by Gasteiger charge is -2.10. The topological polar surface area (TPSA) is 95.4 Å². The number of benzene rings is 2. The zero-order chi connectivity index (χ0) is 14.9. The molecule has 4 N–H and O–H groups in total. The molecule has 7 heteroatoms. The fourth-order valence-electron chi connectivity index (χ4n) is 1.70. The summed E-state index contributed by atoms with van der Waals surface area (Å²) < 4.78 is 41.0. The number of anilines is 1. The summed E-state index contributed by atoms with van der Waals surface area (Å²) in [5, 5.41) is 5.01. The van der Waals surface area contributed by atoms with Gasteiger partial charge in [-0.2, -0.15) is 0 Å². The molecule has 5 nitrogen and oxygen atoms in total. The predicted octanol–water partition coefficient (Wildman–Crippen LogP) is 2.16. The Morgan fingerprint density at radius 3 is 2.40 bits per heavy atom. The standard InChI is InChI=1S/C13H13FN2O3S/c1-8-6-9(14)2-4-12(8)19-10-3-5-13(11(15)7-10)20(16,17)18/h2-7H,15H2,1H3,(H2,16,17,18). The number of hydrogen-bond acceptors (Lipinski definition) is 4. The maximum absolute atomic E-state index is 13.0. The van der Waals surface area contributed by atoms with Crippen molar-refractivity contribution in [3.8, 4) is 11.5 Å². The molecule has 0 unspecified atom stereocenters. The number of hydrogen-bond donors (Lipinski definition) is 2. The molecular weight excluding hydrogens is 283 g/mol. The normalized spacial score (nSPS) is 11.3. The lowest BCUT2D eigenvalue weighted by atomic mass is 10.2. The molecule has 0 bridgehead atoms. The molecular formula is C13H13FN2O3S. The Kier molecular flexibility index (Phi) is 3.65. The van der Waals surface area contributed by atoms with Gasteiger partial charge in [-0.25, -0.2) is 17.9 Å². The minimum Gasteiger partial charge on any atom is -0.457 e. The zero-order valence-corrected chi connectivity index (χ0v) is 11.4. The maximum Gasteiger partial charge on any atom is 0.240 e. The molecule has 2 aromatic carbocycles. The fraction of sp³-hybridized carbons (Fsp3) is 0.0769. The lowest BCUT2D eigenvalue weighted by molar-refractivity contribution is 0.476. The molecule has 0 aliphatic carbocycles. The first-order valence-corrected chi connectivity index (χ1v) is 7.18. The van der Waals surface area contributed by atoms with Gasteiger partial charge in [0.05, 0.1) is 5.69 Å². The first-order chi connectivity index (χ1) is 9.27.